The minimum Gasteiger partial charge on any atom is -0.342 e. The van der Waals surface area contributed by atoms with Gasteiger partial charge in [-0.25, -0.2) is 0 Å². The monoisotopic (exact) mass is 206 g/mol. The van der Waals surface area contributed by atoms with Crippen molar-refractivity contribution in [3.05, 3.63) is 0 Å². The number of carbonyl (C=O) groups excluding carboxylic acids is 2. The summed E-state index contributed by atoms with van der Waals surface area (Å²) >= 11 is 0. The van der Waals surface area contributed by atoms with Gasteiger partial charge in [-0.3, -0.25) is 9.59 Å². The van der Waals surface area contributed by atoms with Crippen LogP contribution in [0.25, 0.3) is 0 Å². The number of rotatable bonds is 2. The summed E-state index contributed by atoms with van der Waals surface area (Å²) in [6, 6.07) is -0.773. The molecule has 1 saturated heterocycles. The molecule has 0 aromatic carbocycles. The number of nitrogens with one attached hydrogen (secondary N) is 1. The molecule has 0 aromatic heterocycles. The first-order valence-corrected chi connectivity index (χ1v) is 5.19. The first-order chi connectivity index (χ1) is 7.15. The standard InChI is InChI=1S/C11H14N2O2/c1-3-6-13-7(2)10(14)12-9(11(13)15)8-4-5-8/h1,7-9H,4-6H2,2H3,(H,12,14). The minimum atomic E-state index is -0.441. The predicted octanol–water partition coefficient (Wildman–Crippen LogP) is -0.255. The lowest BCUT2D eigenvalue weighted by atomic mass is 10.0. The maximum atomic E-state index is 12.0. The van der Waals surface area contributed by atoms with Crippen LogP contribution < -0.4 is 5.32 Å². The van der Waals surface area contributed by atoms with E-state index in [1.165, 1.54) is 4.90 Å². The number of nitrogens with zero attached hydrogens (tertiary/aromatic N) is 1. The zero-order valence-corrected chi connectivity index (χ0v) is 8.69. The van der Waals surface area contributed by atoms with Crippen LogP contribution in [0.3, 0.4) is 0 Å². The van der Waals surface area contributed by atoms with Crippen LogP contribution in [-0.4, -0.2) is 35.3 Å². The molecule has 0 spiro atoms. The number of hydrogen-bond acceptors (Lipinski definition) is 2. The molecule has 4 heteroatoms. The van der Waals surface area contributed by atoms with E-state index in [2.05, 4.69) is 11.2 Å². The van der Waals surface area contributed by atoms with Crippen LogP contribution in [0.2, 0.25) is 0 Å². The van der Waals surface area contributed by atoms with E-state index >= 15 is 0 Å². The molecule has 0 bridgehead atoms. The van der Waals surface area contributed by atoms with Crippen molar-refractivity contribution in [1.29, 1.82) is 0 Å². The molecule has 2 rings (SSSR count). The highest BCUT2D eigenvalue weighted by Crippen LogP contribution is 2.34. The Labute approximate surface area is 89.0 Å². The minimum absolute atomic E-state index is 0.0254. The van der Waals surface area contributed by atoms with Gasteiger partial charge in [0.15, 0.2) is 0 Å². The van der Waals surface area contributed by atoms with Crippen LogP contribution in [0, 0.1) is 18.3 Å². The van der Waals surface area contributed by atoms with Crippen molar-refractivity contribution < 1.29 is 9.59 Å². The summed E-state index contributed by atoms with van der Waals surface area (Å²) in [6.45, 7) is 1.92. The van der Waals surface area contributed by atoms with Crippen LogP contribution >= 0.6 is 0 Å². The van der Waals surface area contributed by atoms with E-state index in [1.54, 1.807) is 6.92 Å². The fraction of sp³-hybridized carbons (Fsp3) is 0.636. The molecule has 15 heavy (non-hydrogen) atoms. The average molecular weight is 206 g/mol. The molecule has 1 N–H and O–H groups in total. The second-order valence-corrected chi connectivity index (χ2v) is 4.17. The van der Waals surface area contributed by atoms with Gasteiger partial charge in [-0.05, 0) is 25.7 Å². The van der Waals surface area contributed by atoms with Gasteiger partial charge in [0.25, 0.3) is 0 Å². The van der Waals surface area contributed by atoms with Gasteiger partial charge in [0.05, 0.1) is 6.54 Å². The van der Waals surface area contributed by atoms with E-state index in [1.807, 2.05) is 0 Å². The molecule has 2 atom stereocenters. The van der Waals surface area contributed by atoms with E-state index in [0.29, 0.717) is 5.92 Å². The third-order valence-electron chi connectivity index (χ3n) is 3.05. The smallest absolute Gasteiger partial charge is 0.246 e. The van der Waals surface area contributed by atoms with Gasteiger partial charge < -0.3 is 10.2 Å². The van der Waals surface area contributed by atoms with Crippen LogP contribution in [0.1, 0.15) is 19.8 Å². The zero-order valence-electron chi connectivity index (χ0n) is 8.69. The van der Waals surface area contributed by atoms with Crippen LogP contribution in [-0.2, 0) is 9.59 Å². The van der Waals surface area contributed by atoms with Crippen LogP contribution in [0.4, 0.5) is 0 Å². The Morgan fingerprint density at radius 3 is 2.73 bits per heavy atom. The van der Waals surface area contributed by atoms with Gasteiger partial charge in [-0.1, -0.05) is 5.92 Å². The normalized spacial score (nSPS) is 31.1. The van der Waals surface area contributed by atoms with Gasteiger partial charge in [0, 0.05) is 0 Å². The predicted molar refractivity (Wildman–Crippen MR) is 54.7 cm³/mol. The van der Waals surface area contributed by atoms with Crippen molar-refractivity contribution >= 4 is 11.8 Å². The lowest BCUT2D eigenvalue weighted by Gasteiger charge is -2.36. The highest BCUT2D eigenvalue weighted by Gasteiger charge is 2.45. The molecule has 2 fully saturated rings. The summed E-state index contributed by atoms with van der Waals surface area (Å²) < 4.78 is 0. The molecular formula is C11H14N2O2. The second-order valence-electron chi connectivity index (χ2n) is 4.17. The summed E-state index contributed by atoms with van der Waals surface area (Å²) in [5.74, 6) is 2.63. The first-order valence-electron chi connectivity index (χ1n) is 5.19. The van der Waals surface area contributed by atoms with E-state index in [9.17, 15) is 9.59 Å². The summed E-state index contributed by atoms with van der Waals surface area (Å²) in [4.78, 5) is 25.1. The molecule has 0 radical (unpaired) electrons. The molecule has 1 aliphatic heterocycles. The third kappa shape index (κ3) is 1.70. The van der Waals surface area contributed by atoms with Crippen molar-refractivity contribution in [2.24, 2.45) is 5.92 Å². The summed E-state index contributed by atoms with van der Waals surface area (Å²) in [5, 5.41) is 2.77. The van der Waals surface area contributed by atoms with E-state index in [0.717, 1.165) is 12.8 Å². The highest BCUT2D eigenvalue weighted by atomic mass is 16.2. The SMILES string of the molecule is C#CCN1C(=O)C(C2CC2)NC(=O)C1C. The van der Waals surface area contributed by atoms with Gasteiger partial charge >= 0.3 is 0 Å². The van der Waals surface area contributed by atoms with Gasteiger partial charge in [-0.2, -0.15) is 0 Å². The van der Waals surface area contributed by atoms with Crippen molar-refractivity contribution in [3.63, 3.8) is 0 Å². The van der Waals surface area contributed by atoms with Crippen molar-refractivity contribution in [1.82, 2.24) is 10.2 Å². The van der Waals surface area contributed by atoms with Gasteiger partial charge in [0.2, 0.25) is 11.8 Å². The first kappa shape index (κ1) is 10.0. The summed E-state index contributed by atoms with van der Waals surface area (Å²) in [6.07, 6.45) is 7.24. The molecule has 1 heterocycles. The van der Waals surface area contributed by atoms with Crippen molar-refractivity contribution in [2.75, 3.05) is 6.54 Å². The van der Waals surface area contributed by atoms with Crippen LogP contribution in [0.15, 0.2) is 0 Å². The summed E-state index contributed by atoms with van der Waals surface area (Å²) in [5.41, 5.74) is 0. The third-order valence-corrected chi connectivity index (χ3v) is 3.05. The Kier molecular flexibility index (Phi) is 2.39. The number of terminal acetylenes is 1. The molecule has 2 aliphatic rings. The maximum Gasteiger partial charge on any atom is 0.246 e. The Morgan fingerprint density at radius 1 is 1.53 bits per heavy atom. The molecule has 4 nitrogen and oxygen atoms in total. The lowest BCUT2D eigenvalue weighted by molar-refractivity contribution is -0.148. The Bertz CT molecular complexity index is 341. The quantitative estimate of drug-likeness (QED) is 0.633. The molecule has 0 aromatic rings. The van der Waals surface area contributed by atoms with Crippen molar-refractivity contribution in [2.45, 2.75) is 31.8 Å². The molecule has 80 valence electrons. The Hall–Kier alpha value is -1.50. The number of hydrogen-bond donors (Lipinski definition) is 1. The molecule has 1 saturated carbocycles. The lowest BCUT2D eigenvalue weighted by Crippen LogP contribution is -2.63. The van der Waals surface area contributed by atoms with Crippen LogP contribution in [0.5, 0.6) is 0 Å². The Balaban J connectivity index is 2.16. The maximum absolute atomic E-state index is 12.0. The molecule has 2 unspecified atom stereocenters. The van der Waals surface area contributed by atoms with E-state index in [-0.39, 0.29) is 24.4 Å². The largest absolute Gasteiger partial charge is 0.342 e. The average Bonchev–Trinajstić information content (AvgIpc) is 3.02. The molecular weight excluding hydrogens is 192 g/mol. The fourth-order valence-corrected chi connectivity index (χ4v) is 1.91. The second kappa shape index (κ2) is 3.58. The number of piperazine rings is 1. The number of amides is 2. The van der Waals surface area contributed by atoms with Gasteiger partial charge in [0.1, 0.15) is 12.1 Å². The van der Waals surface area contributed by atoms with Crippen molar-refractivity contribution in [3.8, 4) is 12.3 Å². The van der Waals surface area contributed by atoms with Gasteiger partial charge in [-0.15, -0.1) is 6.42 Å². The number of carbonyl (C=O) groups is 2. The topological polar surface area (TPSA) is 49.4 Å². The zero-order chi connectivity index (χ0) is 11.0. The van der Waals surface area contributed by atoms with E-state index in [4.69, 9.17) is 6.42 Å². The van der Waals surface area contributed by atoms with E-state index < -0.39 is 6.04 Å². The highest BCUT2D eigenvalue weighted by molar-refractivity contribution is 5.97. The molecule has 1 aliphatic carbocycles. The summed E-state index contributed by atoms with van der Waals surface area (Å²) in [7, 11) is 0. The fourth-order valence-electron chi connectivity index (χ4n) is 1.91. The molecule has 2 amide bonds. The Morgan fingerprint density at radius 2 is 2.20 bits per heavy atom.